The van der Waals surface area contributed by atoms with Crippen LogP contribution in [0.15, 0.2) is 34.9 Å². The Bertz CT molecular complexity index is 926. The van der Waals surface area contributed by atoms with Gasteiger partial charge in [0.25, 0.3) is 0 Å². The summed E-state index contributed by atoms with van der Waals surface area (Å²) in [7, 11) is 0. The van der Waals surface area contributed by atoms with E-state index < -0.39 is 11.7 Å². The molecule has 3 aromatic rings. The molecule has 3 rings (SSSR count). The van der Waals surface area contributed by atoms with E-state index in [4.69, 9.17) is 9.26 Å². The predicted molar refractivity (Wildman–Crippen MR) is 79.6 cm³/mol. The van der Waals surface area contributed by atoms with Crippen molar-refractivity contribution in [2.45, 2.75) is 6.92 Å². The van der Waals surface area contributed by atoms with Gasteiger partial charge in [-0.05, 0) is 6.92 Å². The van der Waals surface area contributed by atoms with Crippen LogP contribution in [0.3, 0.4) is 0 Å². The number of carbonyl (C=O) groups is 1. The van der Waals surface area contributed by atoms with Crippen molar-refractivity contribution in [3.63, 3.8) is 0 Å². The second-order valence-electron chi connectivity index (χ2n) is 4.59. The van der Waals surface area contributed by atoms with E-state index in [1.165, 1.54) is 0 Å². The first-order valence-corrected chi connectivity index (χ1v) is 6.82. The highest BCUT2D eigenvalue weighted by Crippen LogP contribution is 2.37. The second kappa shape index (κ2) is 5.77. The lowest BCUT2D eigenvalue weighted by atomic mass is 10.1. The SMILES string of the molecule is CCOC(=O)c1nc(C#N)c2onc(-c3ccccc3)c2c1O. The standard InChI is InChI=1S/C16H11N3O4/c1-2-22-16(21)13-14(20)11-12(9-6-4-3-5-7-9)19-23-15(11)10(8-17)18-13/h3-7,20H,2H2,1H3. The van der Waals surface area contributed by atoms with Gasteiger partial charge in [-0.15, -0.1) is 0 Å². The third kappa shape index (κ3) is 2.36. The molecule has 0 atom stereocenters. The van der Waals surface area contributed by atoms with Crippen molar-refractivity contribution < 1.29 is 19.2 Å². The Morgan fingerprint density at radius 1 is 1.39 bits per heavy atom. The van der Waals surface area contributed by atoms with Gasteiger partial charge in [0.1, 0.15) is 11.8 Å². The average molecular weight is 309 g/mol. The van der Waals surface area contributed by atoms with E-state index in [9.17, 15) is 15.2 Å². The number of rotatable bonds is 3. The number of esters is 1. The van der Waals surface area contributed by atoms with Gasteiger partial charge in [0.05, 0.1) is 12.0 Å². The van der Waals surface area contributed by atoms with Gasteiger partial charge in [0, 0.05) is 5.56 Å². The number of fused-ring (bicyclic) bond motifs is 1. The molecular weight excluding hydrogens is 298 g/mol. The van der Waals surface area contributed by atoms with Crippen LogP contribution in [0.1, 0.15) is 23.1 Å². The lowest BCUT2D eigenvalue weighted by molar-refractivity contribution is 0.0516. The topological polar surface area (TPSA) is 109 Å². The van der Waals surface area contributed by atoms with Crippen molar-refractivity contribution in [2.75, 3.05) is 6.61 Å². The number of nitriles is 1. The fraction of sp³-hybridized carbons (Fsp3) is 0.125. The third-order valence-corrected chi connectivity index (χ3v) is 3.21. The molecule has 0 fully saturated rings. The minimum atomic E-state index is -0.816. The van der Waals surface area contributed by atoms with Crippen molar-refractivity contribution in [3.05, 3.63) is 41.7 Å². The lowest BCUT2D eigenvalue weighted by Gasteiger charge is -2.05. The number of hydrogen-bond donors (Lipinski definition) is 1. The molecule has 0 bridgehead atoms. The first kappa shape index (κ1) is 14.5. The van der Waals surface area contributed by atoms with E-state index in [1.807, 2.05) is 12.1 Å². The summed E-state index contributed by atoms with van der Waals surface area (Å²) in [4.78, 5) is 15.8. The molecule has 0 aliphatic carbocycles. The minimum Gasteiger partial charge on any atom is -0.505 e. The van der Waals surface area contributed by atoms with Crippen LogP contribution >= 0.6 is 0 Å². The Labute approximate surface area is 130 Å². The van der Waals surface area contributed by atoms with Gasteiger partial charge in [-0.25, -0.2) is 9.78 Å². The fourth-order valence-corrected chi connectivity index (χ4v) is 2.22. The van der Waals surface area contributed by atoms with E-state index in [2.05, 4.69) is 10.1 Å². The molecule has 0 unspecified atom stereocenters. The number of benzene rings is 1. The highest BCUT2D eigenvalue weighted by molar-refractivity contribution is 6.04. The Balaban J connectivity index is 2.32. The van der Waals surface area contributed by atoms with Crippen LogP contribution in [0.25, 0.3) is 22.2 Å². The first-order valence-electron chi connectivity index (χ1n) is 6.82. The molecule has 0 amide bonds. The monoisotopic (exact) mass is 309 g/mol. The summed E-state index contributed by atoms with van der Waals surface area (Å²) in [6, 6.07) is 10.8. The minimum absolute atomic E-state index is 0.0249. The molecule has 0 saturated heterocycles. The molecule has 1 aromatic carbocycles. The fourth-order valence-electron chi connectivity index (χ4n) is 2.22. The van der Waals surface area contributed by atoms with Gasteiger partial charge in [-0.3, -0.25) is 0 Å². The maximum atomic E-state index is 11.9. The van der Waals surface area contributed by atoms with Crippen molar-refractivity contribution >= 4 is 16.9 Å². The summed E-state index contributed by atoms with van der Waals surface area (Å²) in [6.45, 7) is 1.75. The van der Waals surface area contributed by atoms with Gasteiger partial charge < -0.3 is 14.4 Å². The van der Waals surface area contributed by atoms with Crippen LogP contribution in [0.5, 0.6) is 5.75 Å². The van der Waals surface area contributed by atoms with Gasteiger partial charge in [-0.2, -0.15) is 5.26 Å². The molecule has 7 heteroatoms. The van der Waals surface area contributed by atoms with Crippen LogP contribution in [0.4, 0.5) is 0 Å². The smallest absolute Gasteiger partial charge is 0.360 e. The summed E-state index contributed by atoms with van der Waals surface area (Å²) in [5, 5.41) is 23.7. The van der Waals surface area contributed by atoms with E-state index in [0.717, 1.165) is 0 Å². The number of aromatic hydroxyl groups is 1. The molecule has 2 aromatic heterocycles. The molecule has 1 N–H and O–H groups in total. The van der Waals surface area contributed by atoms with Crippen LogP contribution in [0, 0.1) is 11.3 Å². The number of ether oxygens (including phenoxy) is 1. The molecular formula is C16H11N3O4. The molecule has 2 heterocycles. The van der Waals surface area contributed by atoms with E-state index in [-0.39, 0.29) is 29.0 Å². The van der Waals surface area contributed by atoms with E-state index >= 15 is 0 Å². The van der Waals surface area contributed by atoms with Crippen LogP contribution in [0.2, 0.25) is 0 Å². The zero-order chi connectivity index (χ0) is 16.4. The molecule has 114 valence electrons. The van der Waals surface area contributed by atoms with E-state index in [1.54, 1.807) is 31.2 Å². The summed E-state index contributed by atoms with van der Waals surface area (Å²) in [5.74, 6) is -1.24. The van der Waals surface area contributed by atoms with Crippen LogP contribution < -0.4 is 0 Å². The highest BCUT2D eigenvalue weighted by Gasteiger charge is 2.26. The zero-order valence-electron chi connectivity index (χ0n) is 12.1. The number of nitrogens with zero attached hydrogens (tertiary/aromatic N) is 3. The summed E-state index contributed by atoms with van der Waals surface area (Å²) < 4.78 is 10.0. The van der Waals surface area contributed by atoms with Crippen molar-refractivity contribution in [2.24, 2.45) is 0 Å². The molecule has 0 aliphatic rings. The largest absolute Gasteiger partial charge is 0.505 e. The normalized spacial score (nSPS) is 10.4. The van der Waals surface area contributed by atoms with Crippen LogP contribution in [-0.4, -0.2) is 27.8 Å². The average Bonchev–Trinajstić information content (AvgIpc) is 3.02. The molecule has 7 nitrogen and oxygen atoms in total. The number of hydrogen-bond acceptors (Lipinski definition) is 7. The number of pyridine rings is 1. The molecule has 0 radical (unpaired) electrons. The predicted octanol–water partition coefficient (Wildman–Crippen LogP) is 2.64. The summed E-state index contributed by atoms with van der Waals surface area (Å²) in [5.41, 5.74) is 0.540. The maximum Gasteiger partial charge on any atom is 0.360 e. The van der Waals surface area contributed by atoms with Gasteiger partial charge in [0.2, 0.25) is 5.58 Å². The van der Waals surface area contributed by atoms with Gasteiger partial charge in [0.15, 0.2) is 17.1 Å². The molecule has 0 aliphatic heterocycles. The number of carbonyl (C=O) groups excluding carboxylic acids is 1. The third-order valence-electron chi connectivity index (χ3n) is 3.21. The van der Waals surface area contributed by atoms with Gasteiger partial charge >= 0.3 is 5.97 Å². The Morgan fingerprint density at radius 3 is 2.78 bits per heavy atom. The Morgan fingerprint density at radius 2 is 2.13 bits per heavy atom. The lowest BCUT2D eigenvalue weighted by Crippen LogP contribution is -2.08. The number of aromatic nitrogens is 2. The Hall–Kier alpha value is -3.40. The zero-order valence-corrected chi connectivity index (χ0v) is 12.1. The summed E-state index contributed by atoms with van der Waals surface area (Å²) >= 11 is 0. The second-order valence-corrected chi connectivity index (χ2v) is 4.59. The highest BCUT2D eigenvalue weighted by atomic mass is 16.5. The maximum absolute atomic E-state index is 11.9. The van der Waals surface area contributed by atoms with Gasteiger partial charge in [-0.1, -0.05) is 35.5 Å². The summed E-state index contributed by atoms with van der Waals surface area (Å²) in [6.07, 6.45) is 0. The molecule has 0 spiro atoms. The first-order chi connectivity index (χ1) is 11.2. The quantitative estimate of drug-likeness (QED) is 0.740. The van der Waals surface area contributed by atoms with Crippen LogP contribution in [-0.2, 0) is 4.74 Å². The molecule has 0 saturated carbocycles. The molecule has 23 heavy (non-hydrogen) atoms. The Kier molecular flexibility index (Phi) is 3.65. The van der Waals surface area contributed by atoms with Crippen molar-refractivity contribution in [3.8, 4) is 23.1 Å². The van der Waals surface area contributed by atoms with E-state index in [0.29, 0.717) is 11.3 Å². The van der Waals surface area contributed by atoms with Crippen molar-refractivity contribution in [1.29, 1.82) is 5.26 Å². The van der Waals surface area contributed by atoms with Crippen molar-refractivity contribution in [1.82, 2.24) is 10.1 Å².